The lowest BCUT2D eigenvalue weighted by Gasteiger charge is -2.44. The Hall–Kier alpha value is 0. The number of fused-ring (bicyclic) bond motifs is 2. The molecule has 0 aromatic carbocycles. The third-order valence-corrected chi connectivity index (χ3v) is 2.80. The molecule has 0 atom stereocenters. The van der Waals surface area contributed by atoms with Crippen LogP contribution in [-0.4, -0.2) is 0 Å². The minimum atomic E-state index is 1.06. The molecule has 0 aromatic heterocycles. The summed E-state index contributed by atoms with van der Waals surface area (Å²) in [4.78, 5) is 0. The maximum Gasteiger partial charge on any atom is -0.0406 e. The second kappa shape index (κ2) is 1.49. The van der Waals surface area contributed by atoms with Gasteiger partial charge in [-0.2, -0.15) is 0 Å². The van der Waals surface area contributed by atoms with Crippen molar-refractivity contribution in [2.24, 2.45) is 17.8 Å². The van der Waals surface area contributed by atoms with E-state index in [0.717, 1.165) is 17.8 Å². The van der Waals surface area contributed by atoms with Crippen molar-refractivity contribution in [1.29, 1.82) is 0 Å². The highest BCUT2D eigenvalue weighted by molar-refractivity contribution is 4.87. The van der Waals surface area contributed by atoms with Crippen molar-refractivity contribution in [2.75, 3.05) is 0 Å². The van der Waals surface area contributed by atoms with E-state index >= 15 is 0 Å². The first kappa shape index (κ1) is 4.84. The van der Waals surface area contributed by atoms with Crippen LogP contribution in [0.25, 0.3) is 0 Å². The quantitative estimate of drug-likeness (QED) is 0.449. The molecular weight excluding hydrogens is 96.1 g/mol. The second-order valence-corrected chi connectivity index (χ2v) is 3.78. The molecule has 3 saturated carbocycles. The molecular formula is C8H14. The van der Waals surface area contributed by atoms with Crippen LogP contribution in [0.3, 0.4) is 0 Å². The lowest BCUT2D eigenvalue weighted by Crippen LogP contribution is -2.32. The molecule has 0 spiro atoms. The predicted molar refractivity (Wildman–Crippen MR) is 34.6 cm³/mol. The molecule has 0 unspecified atom stereocenters. The van der Waals surface area contributed by atoms with E-state index in [1.54, 1.807) is 12.8 Å². The standard InChI is InChI=1S/C8H14/c1-6-2-7-4-8(3-6)5-7/h6-8H,2-5H2,1H3. The van der Waals surface area contributed by atoms with Crippen LogP contribution < -0.4 is 0 Å². The smallest absolute Gasteiger partial charge is 0.0406 e. The summed E-state index contributed by atoms with van der Waals surface area (Å²) < 4.78 is 0. The van der Waals surface area contributed by atoms with Crippen molar-refractivity contribution in [3.63, 3.8) is 0 Å². The largest absolute Gasteiger partial charge is 0.0625 e. The zero-order valence-corrected chi connectivity index (χ0v) is 5.56. The maximum absolute atomic E-state index is 2.40. The molecule has 0 amide bonds. The monoisotopic (exact) mass is 110 g/mol. The molecule has 0 saturated heterocycles. The zero-order valence-electron chi connectivity index (χ0n) is 5.56. The third-order valence-electron chi connectivity index (χ3n) is 2.80. The van der Waals surface area contributed by atoms with Crippen molar-refractivity contribution < 1.29 is 0 Å². The van der Waals surface area contributed by atoms with E-state index in [0.29, 0.717) is 0 Å². The average Bonchev–Trinajstić information content (AvgIpc) is 1.62. The fourth-order valence-electron chi connectivity index (χ4n) is 2.49. The van der Waals surface area contributed by atoms with E-state index in [4.69, 9.17) is 0 Å². The Morgan fingerprint density at radius 3 is 1.62 bits per heavy atom. The molecule has 2 bridgehead atoms. The van der Waals surface area contributed by atoms with E-state index in [-0.39, 0.29) is 0 Å². The Morgan fingerprint density at radius 2 is 1.38 bits per heavy atom. The fraction of sp³-hybridized carbons (Fsp3) is 1.00. The number of rotatable bonds is 0. The maximum atomic E-state index is 2.40. The predicted octanol–water partition coefficient (Wildman–Crippen LogP) is 2.44. The Kier molecular flexibility index (Phi) is 0.902. The van der Waals surface area contributed by atoms with Crippen LogP contribution in [0.1, 0.15) is 32.6 Å². The Morgan fingerprint density at radius 1 is 0.875 bits per heavy atom. The van der Waals surface area contributed by atoms with Gasteiger partial charge in [-0.1, -0.05) is 6.92 Å². The van der Waals surface area contributed by atoms with Gasteiger partial charge in [-0.15, -0.1) is 0 Å². The molecule has 0 aromatic rings. The van der Waals surface area contributed by atoms with Gasteiger partial charge in [-0.3, -0.25) is 0 Å². The molecule has 8 heavy (non-hydrogen) atoms. The summed E-state index contributed by atoms with van der Waals surface area (Å²) in [6, 6.07) is 0. The van der Waals surface area contributed by atoms with Crippen molar-refractivity contribution >= 4 is 0 Å². The molecule has 3 aliphatic rings. The van der Waals surface area contributed by atoms with Crippen LogP contribution in [0.15, 0.2) is 0 Å². The van der Waals surface area contributed by atoms with Gasteiger partial charge in [0.2, 0.25) is 0 Å². The van der Waals surface area contributed by atoms with Gasteiger partial charge in [0.25, 0.3) is 0 Å². The highest BCUT2D eigenvalue weighted by Gasteiger charge is 2.35. The van der Waals surface area contributed by atoms with Crippen LogP contribution in [0.4, 0.5) is 0 Å². The molecule has 0 heteroatoms. The van der Waals surface area contributed by atoms with Crippen LogP contribution in [-0.2, 0) is 0 Å². The Labute approximate surface area is 51.3 Å². The summed E-state index contributed by atoms with van der Waals surface area (Å²) in [5, 5.41) is 0. The second-order valence-electron chi connectivity index (χ2n) is 3.78. The average molecular weight is 110 g/mol. The van der Waals surface area contributed by atoms with Crippen LogP contribution in [0.5, 0.6) is 0 Å². The van der Waals surface area contributed by atoms with Crippen molar-refractivity contribution in [3.8, 4) is 0 Å². The molecule has 0 radical (unpaired) electrons. The van der Waals surface area contributed by atoms with Gasteiger partial charge < -0.3 is 0 Å². The van der Waals surface area contributed by atoms with Gasteiger partial charge in [0.15, 0.2) is 0 Å². The SMILES string of the molecule is CC1CC2CC(C1)C2. The lowest BCUT2D eigenvalue weighted by atomic mass is 9.62. The molecule has 3 aliphatic carbocycles. The summed E-state index contributed by atoms with van der Waals surface area (Å²) >= 11 is 0. The van der Waals surface area contributed by atoms with E-state index in [1.165, 1.54) is 12.8 Å². The molecule has 46 valence electrons. The van der Waals surface area contributed by atoms with Crippen LogP contribution >= 0.6 is 0 Å². The van der Waals surface area contributed by atoms with E-state index < -0.39 is 0 Å². The Bertz CT molecular complexity index is 80.2. The van der Waals surface area contributed by atoms with Crippen LogP contribution in [0.2, 0.25) is 0 Å². The van der Waals surface area contributed by atoms with Crippen molar-refractivity contribution in [1.82, 2.24) is 0 Å². The van der Waals surface area contributed by atoms with Crippen LogP contribution in [0, 0.1) is 17.8 Å². The molecule has 0 N–H and O–H groups in total. The number of hydrogen-bond donors (Lipinski definition) is 0. The van der Waals surface area contributed by atoms with Gasteiger partial charge >= 0.3 is 0 Å². The molecule has 0 heterocycles. The van der Waals surface area contributed by atoms with Gasteiger partial charge in [-0.25, -0.2) is 0 Å². The van der Waals surface area contributed by atoms with E-state index in [1.807, 2.05) is 0 Å². The summed E-state index contributed by atoms with van der Waals surface area (Å²) in [7, 11) is 0. The summed E-state index contributed by atoms with van der Waals surface area (Å²) in [5.74, 6) is 3.37. The number of hydrogen-bond acceptors (Lipinski definition) is 0. The van der Waals surface area contributed by atoms with Gasteiger partial charge in [0.05, 0.1) is 0 Å². The van der Waals surface area contributed by atoms with Gasteiger partial charge in [0, 0.05) is 0 Å². The lowest BCUT2D eigenvalue weighted by molar-refractivity contribution is 0.0751. The van der Waals surface area contributed by atoms with Gasteiger partial charge in [0.1, 0.15) is 0 Å². The Balaban J connectivity index is 1.97. The minimum Gasteiger partial charge on any atom is -0.0625 e. The van der Waals surface area contributed by atoms with Crippen molar-refractivity contribution in [2.45, 2.75) is 32.6 Å². The highest BCUT2D eigenvalue weighted by atomic mass is 14.4. The first-order chi connectivity index (χ1) is 3.84. The normalized spacial score (nSPS) is 52.9. The first-order valence-corrected chi connectivity index (χ1v) is 3.84. The summed E-state index contributed by atoms with van der Waals surface area (Å²) in [6.45, 7) is 2.40. The molecule has 3 rings (SSSR count). The summed E-state index contributed by atoms with van der Waals surface area (Å²) in [5.41, 5.74) is 0. The zero-order chi connectivity index (χ0) is 5.56. The topological polar surface area (TPSA) is 0 Å². The summed E-state index contributed by atoms with van der Waals surface area (Å²) in [6.07, 6.45) is 6.22. The molecule has 3 fully saturated rings. The molecule has 0 aliphatic heterocycles. The van der Waals surface area contributed by atoms with E-state index in [2.05, 4.69) is 6.92 Å². The molecule has 0 nitrogen and oxygen atoms in total. The first-order valence-electron chi connectivity index (χ1n) is 3.84. The van der Waals surface area contributed by atoms with Crippen molar-refractivity contribution in [3.05, 3.63) is 0 Å². The highest BCUT2D eigenvalue weighted by Crippen LogP contribution is 2.47. The fourth-order valence-corrected chi connectivity index (χ4v) is 2.49. The minimum absolute atomic E-state index is 1.06. The van der Waals surface area contributed by atoms with Gasteiger partial charge in [-0.05, 0) is 43.4 Å². The third kappa shape index (κ3) is 0.586. The van der Waals surface area contributed by atoms with E-state index in [9.17, 15) is 0 Å².